The van der Waals surface area contributed by atoms with Gasteiger partial charge in [0.1, 0.15) is 24.8 Å². The molecule has 0 radical (unpaired) electrons. The number of imidazole rings is 1. The average Bonchev–Trinajstić information content (AvgIpc) is 2.81. The first-order chi connectivity index (χ1) is 9.46. The molecule has 1 aromatic carbocycles. The van der Waals surface area contributed by atoms with Crippen molar-refractivity contribution in [2.45, 2.75) is 6.92 Å². The fourth-order valence-electron chi connectivity index (χ4n) is 1.66. The lowest BCUT2D eigenvalue weighted by Crippen LogP contribution is -2.19. The Hall–Kier alpha value is -1.90. The summed E-state index contributed by atoms with van der Waals surface area (Å²) in [6.45, 7) is 1.89. The van der Waals surface area contributed by atoms with Gasteiger partial charge in [-0.05, 0) is 31.2 Å². The van der Waals surface area contributed by atoms with Gasteiger partial charge in [0.15, 0.2) is 0 Å². The van der Waals surface area contributed by atoms with Crippen LogP contribution in [-0.2, 0) is 14.5 Å². The van der Waals surface area contributed by atoms with Crippen molar-refractivity contribution in [1.82, 2.24) is 9.55 Å². The van der Waals surface area contributed by atoms with Gasteiger partial charge in [0, 0.05) is 18.1 Å². The fraction of sp³-hybridized carbons (Fsp3) is 0.250. The van der Waals surface area contributed by atoms with Gasteiger partial charge in [-0.25, -0.2) is 10.1 Å². The molecular weight excluding hydrogens is 282 g/mol. The molecule has 0 aliphatic carbocycles. The molecule has 0 unspecified atom stereocenters. The third-order valence-electron chi connectivity index (χ3n) is 2.54. The highest BCUT2D eigenvalue weighted by molar-refractivity contribution is 7.84. The smallest absolute Gasteiger partial charge is 0.333 e. The van der Waals surface area contributed by atoms with Crippen molar-refractivity contribution in [3.05, 3.63) is 42.5 Å². The van der Waals surface area contributed by atoms with Crippen LogP contribution in [0.4, 0.5) is 0 Å². The highest BCUT2D eigenvalue weighted by Gasteiger charge is 2.03. The molecule has 7 nitrogen and oxygen atoms in total. The number of ether oxygens (including phenoxy) is 1. The Bertz CT molecular complexity index is 664. The van der Waals surface area contributed by atoms with E-state index in [-0.39, 0.29) is 13.2 Å². The number of aryl methyl sites for hydroxylation is 1. The molecule has 2 aromatic rings. The normalized spacial score (nSPS) is 11.5. The highest BCUT2D eigenvalue weighted by Crippen LogP contribution is 2.16. The van der Waals surface area contributed by atoms with Crippen LogP contribution in [0.15, 0.2) is 36.7 Å². The van der Waals surface area contributed by atoms with Gasteiger partial charge in [-0.3, -0.25) is 4.18 Å². The second-order valence-electron chi connectivity index (χ2n) is 4.00. The first kappa shape index (κ1) is 14.5. The molecule has 0 aliphatic heterocycles. The minimum Gasteiger partial charge on any atom is -0.491 e. The molecule has 0 spiro atoms. The first-order valence-corrected chi connectivity index (χ1v) is 7.33. The minimum atomic E-state index is -3.91. The van der Waals surface area contributed by atoms with Crippen LogP contribution in [0.1, 0.15) is 5.82 Å². The van der Waals surface area contributed by atoms with Gasteiger partial charge in [-0.2, -0.15) is 8.42 Å². The van der Waals surface area contributed by atoms with Gasteiger partial charge in [0.25, 0.3) is 0 Å². The molecule has 2 rings (SSSR count). The van der Waals surface area contributed by atoms with Crippen LogP contribution in [0.2, 0.25) is 0 Å². The van der Waals surface area contributed by atoms with E-state index in [4.69, 9.17) is 4.74 Å². The molecule has 0 atom stereocenters. The van der Waals surface area contributed by atoms with Crippen LogP contribution in [0, 0.1) is 6.92 Å². The summed E-state index contributed by atoms with van der Waals surface area (Å²) < 4.78 is 32.7. The third kappa shape index (κ3) is 4.05. The van der Waals surface area contributed by atoms with Crippen molar-refractivity contribution in [3.8, 4) is 11.4 Å². The van der Waals surface area contributed by atoms with Crippen molar-refractivity contribution in [2.75, 3.05) is 13.2 Å². The van der Waals surface area contributed by atoms with Gasteiger partial charge < -0.3 is 9.30 Å². The number of benzene rings is 1. The van der Waals surface area contributed by atoms with E-state index in [1.807, 2.05) is 29.8 Å². The zero-order valence-electron chi connectivity index (χ0n) is 10.9. The van der Waals surface area contributed by atoms with Crippen molar-refractivity contribution < 1.29 is 17.3 Å². The SMILES string of the molecule is Cc1nccn1-c1ccc(OCCOS(N)(=O)=O)cc1. The lowest BCUT2D eigenvalue weighted by atomic mass is 10.3. The van der Waals surface area contributed by atoms with Gasteiger partial charge in [-0.15, -0.1) is 0 Å². The fourth-order valence-corrected chi connectivity index (χ4v) is 1.96. The summed E-state index contributed by atoms with van der Waals surface area (Å²) in [5.41, 5.74) is 0.966. The van der Waals surface area contributed by atoms with Crippen LogP contribution in [0.3, 0.4) is 0 Å². The summed E-state index contributed by atoms with van der Waals surface area (Å²) >= 11 is 0. The molecular formula is C12H15N3O4S. The number of hydrogen-bond acceptors (Lipinski definition) is 5. The predicted molar refractivity (Wildman–Crippen MR) is 72.9 cm³/mol. The summed E-state index contributed by atoms with van der Waals surface area (Å²) in [5, 5.41) is 4.69. The van der Waals surface area contributed by atoms with Crippen LogP contribution in [0.25, 0.3) is 5.69 Å². The van der Waals surface area contributed by atoms with Crippen molar-refractivity contribution in [3.63, 3.8) is 0 Å². The Morgan fingerprint density at radius 2 is 1.95 bits per heavy atom. The quantitative estimate of drug-likeness (QED) is 0.795. The van der Waals surface area contributed by atoms with Gasteiger partial charge in [0.05, 0.1) is 0 Å². The first-order valence-electron chi connectivity index (χ1n) is 5.86. The number of hydrogen-bond donors (Lipinski definition) is 1. The molecule has 0 saturated heterocycles. The molecule has 108 valence electrons. The standard InChI is InChI=1S/C12H15N3O4S/c1-10-14-6-7-15(10)11-2-4-12(5-3-11)18-8-9-19-20(13,16)17/h2-7H,8-9H2,1H3,(H2,13,16,17). The molecule has 2 N–H and O–H groups in total. The largest absolute Gasteiger partial charge is 0.491 e. The van der Waals surface area contributed by atoms with Crippen LogP contribution in [0.5, 0.6) is 5.75 Å². The molecule has 1 aromatic heterocycles. The van der Waals surface area contributed by atoms with Gasteiger partial charge in [0.2, 0.25) is 0 Å². The molecule has 1 heterocycles. The third-order valence-corrected chi connectivity index (χ3v) is 3.04. The van der Waals surface area contributed by atoms with E-state index in [0.717, 1.165) is 11.5 Å². The van der Waals surface area contributed by atoms with E-state index in [9.17, 15) is 8.42 Å². The number of nitrogens with two attached hydrogens (primary N) is 1. The monoisotopic (exact) mass is 297 g/mol. The average molecular weight is 297 g/mol. The maximum atomic E-state index is 10.5. The number of rotatable bonds is 6. The maximum absolute atomic E-state index is 10.5. The lowest BCUT2D eigenvalue weighted by Gasteiger charge is -2.08. The van der Waals surface area contributed by atoms with Crippen molar-refractivity contribution in [2.24, 2.45) is 5.14 Å². The van der Waals surface area contributed by atoms with Crippen LogP contribution < -0.4 is 9.88 Å². The zero-order valence-corrected chi connectivity index (χ0v) is 11.7. The molecule has 8 heteroatoms. The Kier molecular flexibility index (Phi) is 4.38. The van der Waals surface area contributed by atoms with E-state index in [1.165, 1.54) is 0 Å². The summed E-state index contributed by atoms with van der Waals surface area (Å²) in [6, 6.07) is 7.33. The van der Waals surface area contributed by atoms with E-state index >= 15 is 0 Å². The van der Waals surface area contributed by atoms with Crippen LogP contribution >= 0.6 is 0 Å². The second kappa shape index (κ2) is 6.04. The Morgan fingerprint density at radius 3 is 2.50 bits per heavy atom. The molecule has 0 amide bonds. The van der Waals surface area contributed by atoms with E-state index < -0.39 is 10.3 Å². The summed E-state index contributed by atoms with van der Waals surface area (Å²) in [4.78, 5) is 4.15. The predicted octanol–water partition coefficient (Wildman–Crippen LogP) is 0.780. The van der Waals surface area contributed by atoms with Crippen LogP contribution in [-0.4, -0.2) is 31.2 Å². The van der Waals surface area contributed by atoms with E-state index in [1.54, 1.807) is 18.3 Å². The second-order valence-corrected chi connectivity index (χ2v) is 5.22. The molecule has 0 bridgehead atoms. The minimum absolute atomic E-state index is 0.0971. The summed E-state index contributed by atoms with van der Waals surface area (Å²) in [7, 11) is -3.91. The zero-order chi connectivity index (χ0) is 14.6. The summed E-state index contributed by atoms with van der Waals surface area (Å²) in [5.74, 6) is 1.50. The van der Waals surface area contributed by atoms with Gasteiger partial charge >= 0.3 is 10.3 Å². The molecule has 0 aliphatic rings. The molecule has 0 fully saturated rings. The summed E-state index contributed by atoms with van der Waals surface area (Å²) in [6.07, 6.45) is 3.59. The number of aromatic nitrogens is 2. The lowest BCUT2D eigenvalue weighted by molar-refractivity contribution is 0.221. The Labute approximate surface area is 117 Å². The van der Waals surface area contributed by atoms with E-state index in [0.29, 0.717) is 5.75 Å². The topological polar surface area (TPSA) is 96.4 Å². The Balaban J connectivity index is 1.91. The van der Waals surface area contributed by atoms with Crippen molar-refractivity contribution in [1.29, 1.82) is 0 Å². The highest BCUT2D eigenvalue weighted by atomic mass is 32.2. The number of nitrogens with zero attached hydrogens (tertiary/aromatic N) is 2. The van der Waals surface area contributed by atoms with Crippen molar-refractivity contribution >= 4 is 10.3 Å². The van der Waals surface area contributed by atoms with Gasteiger partial charge in [-0.1, -0.05) is 0 Å². The Morgan fingerprint density at radius 1 is 1.25 bits per heavy atom. The molecule has 20 heavy (non-hydrogen) atoms. The molecule has 0 saturated carbocycles. The maximum Gasteiger partial charge on any atom is 0.333 e. The van der Waals surface area contributed by atoms with E-state index in [2.05, 4.69) is 14.3 Å².